The summed E-state index contributed by atoms with van der Waals surface area (Å²) >= 11 is 0. The molecule has 0 radical (unpaired) electrons. The minimum absolute atomic E-state index is 0.0786. The van der Waals surface area contributed by atoms with Gasteiger partial charge >= 0.3 is 5.69 Å². The number of nitrogens with zero attached hydrogens (tertiary/aromatic N) is 3. The number of aryl methyl sites for hydroxylation is 1. The fraction of sp³-hybridized carbons (Fsp3) is 0.357. The molecule has 2 N–H and O–H groups in total. The van der Waals surface area contributed by atoms with Gasteiger partial charge in [-0.2, -0.15) is 5.10 Å². The molecule has 1 aromatic carbocycles. The van der Waals surface area contributed by atoms with E-state index in [9.17, 15) is 10.1 Å². The van der Waals surface area contributed by atoms with E-state index >= 15 is 0 Å². The Labute approximate surface area is 123 Å². The van der Waals surface area contributed by atoms with E-state index < -0.39 is 0 Å². The summed E-state index contributed by atoms with van der Waals surface area (Å²) in [5.41, 5.74) is 2.09. The molecule has 112 valence electrons. The fourth-order valence-electron chi connectivity index (χ4n) is 2.05. The molecule has 0 amide bonds. The van der Waals surface area contributed by atoms with E-state index in [1.807, 2.05) is 20.2 Å². The average Bonchev–Trinajstić information content (AvgIpc) is 2.88. The van der Waals surface area contributed by atoms with Gasteiger partial charge in [-0.25, -0.2) is 0 Å². The van der Waals surface area contributed by atoms with Gasteiger partial charge in [0.05, 0.1) is 11.1 Å². The van der Waals surface area contributed by atoms with E-state index in [4.69, 9.17) is 0 Å². The zero-order valence-electron chi connectivity index (χ0n) is 12.2. The second-order valence-corrected chi connectivity index (χ2v) is 4.76. The number of nitro groups is 1. The van der Waals surface area contributed by atoms with Gasteiger partial charge < -0.3 is 10.6 Å². The van der Waals surface area contributed by atoms with Gasteiger partial charge in [0, 0.05) is 31.9 Å². The Balaban J connectivity index is 2.19. The monoisotopic (exact) mass is 289 g/mol. The summed E-state index contributed by atoms with van der Waals surface area (Å²) in [7, 11) is 1.83. The van der Waals surface area contributed by atoms with E-state index in [2.05, 4.69) is 15.7 Å². The number of para-hydroxylation sites is 1. The first-order valence-corrected chi connectivity index (χ1v) is 6.84. The van der Waals surface area contributed by atoms with Crippen LogP contribution in [0.4, 0.5) is 17.1 Å². The number of rotatable bonds is 7. The Bertz CT molecular complexity index is 624. The molecule has 21 heavy (non-hydrogen) atoms. The summed E-state index contributed by atoms with van der Waals surface area (Å²) in [6.45, 7) is 3.21. The predicted octanol–water partition coefficient (Wildman–Crippen LogP) is 2.76. The fourth-order valence-corrected chi connectivity index (χ4v) is 2.05. The minimum Gasteiger partial charge on any atom is -0.379 e. The Morgan fingerprint density at radius 2 is 2.05 bits per heavy atom. The normalized spacial score (nSPS) is 10.4. The molecule has 0 saturated carbocycles. The van der Waals surface area contributed by atoms with Crippen molar-refractivity contribution < 1.29 is 4.92 Å². The second-order valence-electron chi connectivity index (χ2n) is 4.76. The highest BCUT2D eigenvalue weighted by atomic mass is 16.6. The van der Waals surface area contributed by atoms with Crippen LogP contribution in [0.2, 0.25) is 0 Å². The molecule has 0 aliphatic rings. The van der Waals surface area contributed by atoms with Crippen LogP contribution in [-0.4, -0.2) is 21.2 Å². The van der Waals surface area contributed by atoms with Crippen LogP contribution in [0.3, 0.4) is 0 Å². The maximum absolute atomic E-state index is 11.3. The molecule has 0 unspecified atom stereocenters. The van der Waals surface area contributed by atoms with E-state index in [-0.39, 0.29) is 10.6 Å². The van der Waals surface area contributed by atoms with E-state index in [1.165, 1.54) is 0 Å². The summed E-state index contributed by atoms with van der Waals surface area (Å²) < 4.78 is 1.70. The Hall–Kier alpha value is -2.57. The predicted molar refractivity (Wildman–Crippen MR) is 82.4 cm³/mol. The van der Waals surface area contributed by atoms with Gasteiger partial charge in [-0.3, -0.25) is 14.8 Å². The Morgan fingerprint density at radius 3 is 2.62 bits per heavy atom. The minimum atomic E-state index is -0.358. The molecule has 2 rings (SSSR count). The lowest BCUT2D eigenvalue weighted by molar-refractivity contribution is -0.383. The molecule has 1 aromatic heterocycles. The lowest BCUT2D eigenvalue weighted by atomic mass is 10.2. The quantitative estimate of drug-likeness (QED) is 0.604. The topological polar surface area (TPSA) is 85.0 Å². The van der Waals surface area contributed by atoms with Crippen molar-refractivity contribution in [1.82, 2.24) is 9.78 Å². The number of aromatic nitrogens is 2. The van der Waals surface area contributed by atoms with E-state index in [1.54, 1.807) is 29.1 Å². The Kier molecular flexibility index (Phi) is 4.76. The SMILES string of the molecule is CCCNc1cccc(NCc2cnn(C)c2)c1[N+](=O)[O-]. The van der Waals surface area contributed by atoms with Crippen molar-refractivity contribution in [3.8, 4) is 0 Å². The van der Waals surface area contributed by atoms with Crippen molar-refractivity contribution >= 4 is 17.1 Å². The molecule has 0 bridgehead atoms. The molecule has 7 nitrogen and oxygen atoms in total. The van der Waals surface area contributed by atoms with Gasteiger partial charge in [0.15, 0.2) is 0 Å². The van der Waals surface area contributed by atoms with Crippen molar-refractivity contribution in [2.24, 2.45) is 7.05 Å². The lowest BCUT2D eigenvalue weighted by Crippen LogP contribution is -2.07. The smallest absolute Gasteiger partial charge is 0.315 e. The van der Waals surface area contributed by atoms with Crippen LogP contribution in [0.15, 0.2) is 30.6 Å². The molecule has 1 heterocycles. The number of anilines is 2. The number of nitrogens with one attached hydrogen (secondary N) is 2. The first-order valence-electron chi connectivity index (χ1n) is 6.84. The van der Waals surface area contributed by atoms with Gasteiger partial charge in [0.1, 0.15) is 11.4 Å². The summed E-state index contributed by atoms with van der Waals surface area (Å²) in [5, 5.41) is 21.6. The van der Waals surface area contributed by atoms with Gasteiger partial charge in [-0.15, -0.1) is 0 Å². The number of nitro benzene ring substituents is 1. The maximum atomic E-state index is 11.3. The van der Waals surface area contributed by atoms with Crippen LogP contribution < -0.4 is 10.6 Å². The lowest BCUT2D eigenvalue weighted by Gasteiger charge is -2.10. The van der Waals surface area contributed by atoms with E-state index in [0.29, 0.717) is 24.5 Å². The van der Waals surface area contributed by atoms with Crippen LogP contribution in [0.1, 0.15) is 18.9 Å². The first kappa shape index (κ1) is 14.8. The third kappa shape index (κ3) is 3.71. The first-order chi connectivity index (χ1) is 10.1. The number of benzene rings is 1. The van der Waals surface area contributed by atoms with Crippen molar-refractivity contribution in [2.45, 2.75) is 19.9 Å². The van der Waals surface area contributed by atoms with E-state index in [0.717, 1.165) is 12.0 Å². The van der Waals surface area contributed by atoms with Crippen molar-refractivity contribution in [1.29, 1.82) is 0 Å². The van der Waals surface area contributed by atoms with Crippen molar-refractivity contribution in [3.63, 3.8) is 0 Å². The van der Waals surface area contributed by atoms with Gasteiger partial charge in [-0.05, 0) is 18.6 Å². The van der Waals surface area contributed by atoms with Crippen molar-refractivity contribution in [2.75, 3.05) is 17.2 Å². The molecule has 0 atom stereocenters. The molecule has 7 heteroatoms. The molecule has 0 aliphatic heterocycles. The summed E-state index contributed by atoms with van der Waals surface area (Å²) in [5.74, 6) is 0. The molecule has 0 aliphatic carbocycles. The van der Waals surface area contributed by atoms with Crippen LogP contribution in [0.25, 0.3) is 0 Å². The van der Waals surface area contributed by atoms with Crippen LogP contribution in [-0.2, 0) is 13.6 Å². The van der Waals surface area contributed by atoms with Gasteiger partial charge in [-0.1, -0.05) is 13.0 Å². The highest BCUT2D eigenvalue weighted by molar-refractivity contribution is 5.76. The molecule has 0 spiro atoms. The highest BCUT2D eigenvalue weighted by Gasteiger charge is 2.19. The number of hydrogen-bond acceptors (Lipinski definition) is 5. The van der Waals surface area contributed by atoms with Crippen LogP contribution in [0, 0.1) is 10.1 Å². The standard InChI is InChI=1S/C14H19N5O2/c1-3-7-15-12-5-4-6-13(14(12)19(20)21)16-8-11-9-17-18(2)10-11/h4-6,9-10,15-16H,3,7-8H2,1-2H3. The van der Waals surface area contributed by atoms with Gasteiger partial charge in [0.25, 0.3) is 0 Å². The van der Waals surface area contributed by atoms with Crippen LogP contribution in [0.5, 0.6) is 0 Å². The maximum Gasteiger partial charge on any atom is 0.315 e. The highest BCUT2D eigenvalue weighted by Crippen LogP contribution is 2.33. The summed E-state index contributed by atoms with van der Waals surface area (Å²) in [6, 6.07) is 5.24. The zero-order valence-corrected chi connectivity index (χ0v) is 12.2. The summed E-state index contributed by atoms with van der Waals surface area (Å²) in [4.78, 5) is 11.0. The van der Waals surface area contributed by atoms with Gasteiger partial charge in [0.2, 0.25) is 0 Å². The molecule has 0 fully saturated rings. The third-order valence-electron chi connectivity index (χ3n) is 3.03. The average molecular weight is 289 g/mol. The third-order valence-corrected chi connectivity index (χ3v) is 3.03. The van der Waals surface area contributed by atoms with Crippen LogP contribution >= 0.6 is 0 Å². The second kappa shape index (κ2) is 6.74. The Morgan fingerprint density at radius 1 is 1.33 bits per heavy atom. The van der Waals surface area contributed by atoms with Crippen molar-refractivity contribution in [3.05, 3.63) is 46.3 Å². The largest absolute Gasteiger partial charge is 0.379 e. The zero-order chi connectivity index (χ0) is 15.2. The molecular formula is C14H19N5O2. The summed E-state index contributed by atoms with van der Waals surface area (Å²) in [6.07, 6.45) is 4.51. The molecular weight excluding hydrogens is 270 g/mol. The molecule has 2 aromatic rings. The molecule has 0 saturated heterocycles. The number of hydrogen-bond donors (Lipinski definition) is 2.